The van der Waals surface area contributed by atoms with Crippen LogP contribution >= 0.6 is 0 Å². The van der Waals surface area contributed by atoms with Crippen LogP contribution in [0.1, 0.15) is 18.0 Å². The zero-order valence-corrected chi connectivity index (χ0v) is 17.2. The number of nitrogens with zero attached hydrogens (tertiary/aromatic N) is 2. The summed E-state index contributed by atoms with van der Waals surface area (Å²) in [5.74, 6) is 0.404. The molecule has 6 heteroatoms. The highest BCUT2D eigenvalue weighted by molar-refractivity contribution is 5.80. The summed E-state index contributed by atoms with van der Waals surface area (Å²) in [5.41, 5.74) is 4.52. The number of amides is 1. The quantitative estimate of drug-likeness (QED) is 0.815. The van der Waals surface area contributed by atoms with Gasteiger partial charge in [-0.05, 0) is 35.2 Å². The maximum atomic E-state index is 13.3. The number of fused-ring (bicyclic) bond motifs is 3. The molecule has 2 aromatic carbocycles. The molecule has 3 aliphatic heterocycles. The van der Waals surface area contributed by atoms with Gasteiger partial charge in [0.05, 0.1) is 38.4 Å². The standard InChI is InChI=1S/C24H29N3O3/c28-16-22-19-8-9-27(23(29)15-26-10-12-30-13-11-26)24(19)20-14-18(6-7-21(20)25-22)17-4-2-1-3-5-17/h1-7,14,19,22,24-25,28H,8-13,15-16H2/t19-,22+,24-/m1/s1. The van der Waals surface area contributed by atoms with Crippen molar-refractivity contribution in [3.63, 3.8) is 0 Å². The lowest BCUT2D eigenvalue weighted by Gasteiger charge is -2.40. The number of ether oxygens (including phenoxy) is 1. The highest BCUT2D eigenvalue weighted by atomic mass is 16.5. The molecule has 3 heterocycles. The average Bonchev–Trinajstić information content (AvgIpc) is 3.25. The first kappa shape index (κ1) is 19.5. The minimum atomic E-state index is -0.0220. The molecule has 30 heavy (non-hydrogen) atoms. The molecule has 0 saturated carbocycles. The first-order valence-electron chi connectivity index (χ1n) is 10.9. The summed E-state index contributed by atoms with van der Waals surface area (Å²) in [6, 6.07) is 16.8. The van der Waals surface area contributed by atoms with Crippen LogP contribution in [0, 0.1) is 5.92 Å². The summed E-state index contributed by atoms with van der Waals surface area (Å²) < 4.78 is 5.42. The number of benzene rings is 2. The molecular formula is C24H29N3O3. The fourth-order valence-electron chi connectivity index (χ4n) is 5.19. The zero-order chi connectivity index (χ0) is 20.5. The van der Waals surface area contributed by atoms with E-state index in [2.05, 4.69) is 45.4 Å². The van der Waals surface area contributed by atoms with Gasteiger partial charge >= 0.3 is 0 Å². The maximum absolute atomic E-state index is 13.3. The number of morpholine rings is 1. The van der Waals surface area contributed by atoms with Crippen LogP contribution < -0.4 is 5.32 Å². The van der Waals surface area contributed by atoms with E-state index in [4.69, 9.17) is 4.74 Å². The third-order valence-electron chi connectivity index (χ3n) is 6.76. The van der Waals surface area contributed by atoms with Crippen LogP contribution in [-0.4, -0.2) is 72.9 Å². The second-order valence-electron chi connectivity index (χ2n) is 8.47. The van der Waals surface area contributed by atoms with Crippen molar-refractivity contribution in [2.45, 2.75) is 18.5 Å². The highest BCUT2D eigenvalue weighted by Gasteiger charge is 2.45. The van der Waals surface area contributed by atoms with Crippen LogP contribution in [0.25, 0.3) is 11.1 Å². The normalized spacial score (nSPS) is 26.0. The fourth-order valence-corrected chi connectivity index (χ4v) is 5.19. The van der Waals surface area contributed by atoms with Gasteiger partial charge in [-0.25, -0.2) is 0 Å². The highest BCUT2D eigenvalue weighted by Crippen LogP contribution is 2.47. The lowest BCUT2D eigenvalue weighted by Crippen LogP contribution is -2.47. The number of hydrogen-bond donors (Lipinski definition) is 2. The number of hydrogen-bond acceptors (Lipinski definition) is 5. The number of carbonyl (C=O) groups excluding carboxylic acids is 1. The minimum Gasteiger partial charge on any atom is -0.394 e. The molecular weight excluding hydrogens is 378 g/mol. The number of nitrogens with one attached hydrogen (secondary N) is 1. The number of anilines is 1. The van der Waals surface area contributed by atoms with Crippen molar-refractivity contribution in [1.82, 2.24) is 9.80 Å². The van der Waals surface area contributed by atoms with Crippen molar-refractivity contribution in [3.05, 3.63) is 54.1 Å². The largest absolute Gasteiger partial charge is 0.394 e. The molecule has 2 saturated heterocycles. The second-order valence-corrected chi connectivity index (χ2v) is 8.47. The number of rotatable bonds is 4. The summed E-state index contributed by atoms with van der Waals surface area (Å²) in [6.07, 6.45) is 0.909. The molecule has 2 aromatic rings. The third-order valence-corrected chi connectivity index (χ3v) is 6.76. The van der Waals surface area contributed by atoms with E-state index in [0.717, 1.165) is 37.3 Å². The van der Waals surface area contributed by atoms with Crippen molar-refractivity contribution >= 4 is 11.6 Å². The number of aliphatic hydroxyl groups is 1. The topological polar surface area (TPSA) is 65.0 Å². The van der Waals surface area contributed by atoms with Crippen LogP contribution in [-0.2, 0) is 9.53 Å². The Hall–Kier alpha value is -2.41. The Morgan fingerprint density at radius 3 is 2.63 bits per heavy atom. The van der Waals surface area contributed by atoms with E-state index in [1.807, 2.05) is 18.2 Å². The molecule has 2 fully saturated rings. The van der Waals surface area contributed by atoms with Crippen LogP contribution in [0.3, 0.4) is 0 Å². The van der Waals surface area contributed by atoms with E-state index in [1.54, 1.807) is 0 Å². The van der Waals surface area contributed by atoms with E-state index in [1.165, 1.54) is 11.1 Å². The Bertz CT molecular complexity index is 898. The van der Waals surface area contributed by atoms with Crippen molar-refractivity contribution < 1.29 is 14.6 Å². The second kappa shape index (κ2) is 8.38. The molecule has 0 spiro atoms. The van der Waals surface area contributed by atoms with Crippen molar-refractivity contribution in [3.8, 4) is 11.1 Å². The number of carbonyl (C=O) groups is 1. The van der Waals surface area contributed by atoms with Crippen LogP contribution in [0.2, 0.25) is 0 Å². The van der Waals surface area contributed by atoms with Gasteiger partial charge in [0.1, 0.15) is 0 Å². The SMILES string of the molecule is O=C(CN1CCOCC1)N1CC[C@@H]2[C@H](CO)Nc3ccc(-c4ccccc4)cc3[C@@H]21. The van der Waals surface area contributed by atoms with E-state index >= 15 is 0 Å². The molecule has 0 unspecified atom stereocenters. The summed E-state index contributed by atoms with van der Waals surface area (Å²) in [7, 11) is 0. The van der Waals surface area contributed by atoms with Gasteiger partial charge in [-0.3, -0.25) is 9.69 Å². The molecule has 0 aliphatic carbocycles. The van der Waals surface area contributed by atoms with Gasteiger partial charge < -0.3 is 20.1 Å². The van der Waals surface area contributed by atoms with Crippen LogP contribution in [0.4, 0.5) is 5.69 Å². The Balaban J connectivity index is 1.46. The molecule has 3 atom stereocenters. The zero-order valence-electron chi connectivity index (χ0n) is 17.2. The summed E-state index contributed by atoms with van der Waals surface area (Å²) in [4.78, 5) is 17.5. The van der Waals surface area contributed by atoms with Gasteiger partial charge in [-0.1, -0.05) is 36.4 Å². The van der Waals surface area contributed by atoms with Crippen LogP contribution in [0.5, 0.6) is 0 Å². The first-order valence-corrected chi connectivity index (χ1v) is 10.9. The number of likely N-dealkylation sites (tertiary alicyclic amines) is 1. The van der Waals surface area contributed by atoms with Crippen LogP contribution in [0.15, 0.2) is 48.5 Å². The lowest BCUT2D eigenvalue weighted by atomic mass is 9.82. The Labute approximate surface area is 177 Å². The summed E-state index contributed by atoms with van der Waals surface area (Å²) in [5, 5.41) is 13.5. The molecule has 1 amide bonds. The van der Waals surface area contributed by atoms with E-state index in [9.17, 15) is 9.90 Å². The van der Waals surface area contributed by atoms with Crippen molar-refractivity contribution in [2.24, 2.45) is 5.92 Å². The molecule has 5 rings (SSSR count). The Kier molecular flexibility index (Phi) is 5.46. The van der Waals surface area contributed by atoms with Gasteiger partial charge in [-0.15, -0.1) is 0 Å². The number of aliphatic hydroxyl groups excluding tert-OH is 1. The maximum Gasteiger partial charge on any atom is 0.237 e. The first-order chi connectivity index (χ1) is 14.7. The Morgan fingerprint density at radius 2 is 1.87 bits per heavy atom. The van der Waals surface area contributed by atoms with Crippen molar-refractivity contribution in [1.29, 1.82) is 0 Å². The minimum absolute atomic E-state index is 0.00982. The molecule has 0 aromatic heterocycles. The predicted octanol–water partition coefficient (Wildman–Crippen LogP) is 2.36. The third kappa shape index (κ3) is 3.60. The van der Waals surface area contributed by atoms with Crippen molar-refractivity contribution in [2.75, 3.05) is 51.3 Å². The molecule has 6 nitrogen and oxygen atoms in total. The molecule has 2 N–H and O–H groups in total. The smallest absolute Gasteiger partial charge is 0.237 e. The average molecular weight is 408 g/mol. The molecule has 158 valence electrons. The van der Waals surface area contributed by atoms with Gasteiger partial charge in [-0.2, -0.15) is 0 Å². The van der Waals surface area contributed by atoms with E-state index in [0.29, 0.717) is 19.8 Å². The lowest BCUT2D eigenvalue weighted by molar-refractivity contribution is -0.134. The summed E-state index contributed by atoms with van der Waals surface area (Å²) >= 11 is 0. The summed E-state index contributed by atoms with van der Waals surface area (Å²) in [6.45, 7) is 4.26. The predicted molar refractivity (Wildman–Crippen MR) is 116 cm³/mol. The molecule has 0 bridgehead atoms. The van der Waals surface area contributed by atoms with Gasteiger partial charge in [0.2, 0.25) is 5.91 Å². The Morgan fingerprint density at radius 1 is 1.07 bits per heavy atom. The van der Waals surface area contributed by atoms with Gasteiger partial charge in [0, 0.05) is 31.2 Å². The molecule has 0 radical (unpaired) electrons. The molecule has 3 aliphatic rings. The van der Waals surface area contributed by atoms with E-state index in [-0.39, 0.29) is 30.5 Å². The van der Waals surface area contributed by atoms with Gasteiger partial charge in [0.15, 0.2) is 0 Å². The fraction of sp³-hybridized carbons (Fsp3) is 0.458. The van der Waals surface area contributed by atoms with Gasteiger partial charge in [0.25, 0.3) is 0 Å². The monoisotopic (exact) mass is 407 g/mol. The van der Waals surface area contributed by atoms with E-state index < -0.39 is 0 Å².